The van der Waals surface area contributed by atoms with Crippen molar-refractivity contribution in [3.63, 3.8) is 0 Å². The molecule has 1 amide bonds. The first kappa shape index (κ1) is 10.4. The molecule has 1 unspecified atom stereocenters. The Morgan fingerprint density at radius 1 is 1.60 bits per heavy atom. The van der Waals surface area contributed by atoms with Gasteiger partial charge in [-0.05, 0) is 26.2 Å². The second-order valence-corrected chi connectivity index (χ2v) is 4.48. The van der Waals surface area contributed by atoms with Crippen molar-refractivity contribution in [1.29, 1.82) is 5.26 Å². The summed E-state index contributed by atoms with van der Waals surface area (Å²) in [5.74, 6) is 0.0198. The van der Waals surface area contributed by atoms with Gasteiger partial charge in [0.25, 0.3) is 0 Å². The van der Waals surface area contributed by atoms with Crippen LogP contribution in [0.5, 0.6) is 0 Å². The predicted octanol–water partition coefficient (Wildman–Crippen LogP) is 0.928. The van der Waals surface area contributed by atoms with Crippen LogP contribution < -0.4 is 0 Å². The van der Waals surface area contributed by atoms with E-state index in [4.69, 9.17) is 10.00 Å². The second kappa shape index (κ2) is 3.82. The van der Waals surface area contributed by atoms with Gasteiger partial charge in [0.15, 0.2) is 0 Å². The van der Waals surface area contributed by atoms with E-state index in [1.54, 1.807) is 4.90 Å². The van der Waals surface area contributed by atoms with Crippen LogP contribution in [0.2, 0.25) is 0 Å². The molecule has 2 aliphatic rings. The van der Waals surface area contributed by atoms with Gasteiger partial charge in [0.1, 0.15) is 5.41 Å². The molecular weight excluding hydrogens is 192 g/mol. The van der Waals surface area contributed by atoms with Crippen molar-refractivity contribution in [2.75, 3.05) is 19.7 Å². The second-order valence-electron chi connectivity index (χ2n) is 4.48. The molecule has 1 atom stereocenters. The minimum Gasteiger partial charge on any atom is -0.375 e. The quantitative estimate of drug-likeness (QED) is 0.644. The summed E-state index contributed by atoms with van der Waals surface area (Å²) in [6.45, 7) is 3.81. The van der Waals surface area contributed by atoms with E-state index in [2.05, 4.69) is 6.07 Å². The maximum absolute atomic E-state index is 12.1. The fourth-order valence-electron chi connectivity index (χ4n) is 2.21. The average molecular weight is 208 g/mol. The van der Waals surface area contributed by atoms with Crippen LogP contribution in [0.25, 0.3) is 0 Å². The number of nitrogens with zero attached hydrogens (tertiary/aromatic N) is 2. The van der Waals surface area contributed by atoms with E-state index >= 15 is 0 Å². The zero-order chi connectivity index (χ0) is 10.9. The number of morpholine rings is 1. The molecule has 1 aliphatic carbocycles. The van der Waals surface area contributed by atoms with Crippen molar-refractivity contribution in [2.45, 2.75) is 32.3 Å². The van der Waals surface area contributed by atoms with Crippen molar-refractivity contribution in [2.24, 2.45) is 5.41 Å². The number of ether oxygens (including phenoxy) is 1. The first-order valence-electron chi connectivity index (χ1n) is 5.50. The number of hydrogen-bond acceptors (Lipinski definition) is 3. The Hall–Kier alpha value is -1.08. The number of hydrogen-bond donors (Lipinski definition) is 0. The Morgan fingerprint density at radius 3 is 2.80 bits per heavy atom. The van der Waals surface area contributed by atoms with Crippen LogP contribution in [0.3, 0.4) is 0 Å². The van der Waals surface area contributed by atoms with Gasteiger partial charge in [0.2, 0.25) is 5.91 Å². The fourth-order valence-corrected chi connectivity index (χ4v) is 2.21. The van der Waals surface area contributed by atoms with Gasteiger partial charge < -0.3 is 9.64 Å². The van der Waals surface area contributed by atoms with E-state index in [0.717, 1.165) is 19.3 Å². The number of carbonyl (C=O) groups is 1. The number of amides is 1. The molecule has 1 saturated heterocycles. The third-order valence-electron chi connectivity index (χ3n) is 3.36. The minimum atomic E-state index is -0.697. The fraction of sp³-hybridized carbons (Fsp3) is 0.818. The van der Waals surface area contributed by atoms with E-state index in [-0.39, 0.29) is 12.0 Å². The van der Waals surface area contributed by atoms with Crippen LogP contribution in [-0.2, 0) is 9.53 Å². The van der Waals surface area contributed by atoms with Crippen molar-refractivity contribution >= 4 is 5.91 Å². The molecule has 1 saturated carbocycles. The van der Waals surface area contributed by atoms with Gasteiger partial charge in [-0.1, -0.05) is 0 Å². The molecule has 4 nitrogen and oxygen atoms in total. The molecule has 0 radical (unpaired) electrons. The lowest BCUT2D eigenvalue weighted by Gasteiger charge is -2.40. The minimum absolute atomic E-state index is 0.0198. The molecule has 82 valence electrons. The van der Waals surface area contributed by atoms with E-state index in [9.17, 15) is 4.79 Å². The van der Waals surface area contributed by atoms with E-state index in [1.807, 2.05) is 6.92 Å². The maximum atomic E-state index is 12.1. The van der Waals surface area contributed by atoms with Gasteiger partial charge in [-0.3, -0.25) is 4.79 Å². The molecule has 4 heteroatoms. The van der Waals surface area contributed by atoms with Gasteiger partial charge in [-0.25, -0.2) is 0 Å². The molecule has 0 aromatic carbocycles. The lowest BCUT2D eigenvalue weighted by molar-refractivity contribution is -0.149. The largest absolute Gasteiger partial charge is 0.375 e. The van der Waals surface area contributed by atoms with Gasteiger partial charge in [0.05, 0.1) is 18.8 Å². The van der Waals surface area contributed by atoms with E-state index in [0.29, 0.717) is 19.7 Å². The highest BCUT2D eigenvalue weighted by molar-refractivity contribution is 5.86. The summed E-state index contributed by atoms with van der Waals surface area (Å²) < 4.78 is 5.38. The zero-order valence-corrected chi connectivity index (χ0v) is 9.03. The summed E-state index contributed by atoms with van der Waals surface area (Å²) in [6.07, 6.45) is 2.56. The van der Waals surface area contributed by atoms with Gasteiger partial charge in [-0.15, -0.1) is 0 Å². The Labute approximate surface area is 89.8 Å². The van der Waals surface area contributed by atoms with Crippen LogP contribution in [0.4, 0.5) is 0 Å². The van der Waals surface area contributed by atoms with Crippen molar-refractivity contribution < 1.29 is 9.53 Å². The molecule has 1 aliphatic heterocycles. The van der Waals surface area contributed by atoms with Gasteiger partial charge in [-0.2, -0.15) is 5.26 Å². The summed E-state index contributed by atoms with van der Waals surface area (Å²) in [4.78, 5) is 13.9. The predicted molar refractivity (Wildman–Crippen MR) is 53.9 cm³/mol. The zero-order valence-electron chi connectivity index (χ0n) is 9.03. The van der Waals surface area contributed by atoms with Gasteiger partial charge >= 0.3 is 0 Å². The number of nitriles is 1. The lowest BCUT2D eigenvalue weighted by atomic mass is 9.69. The normalized spacial score (nSPS) is 29.1. The number of rotatable bonds is 1. The molecule has 15 heavy (non-hydrogen) atoms. The molecule has 0 aromatic rings. The van der Waals surface area contributed by atoms with Crippen LogP contribution in [-0.4, -0.2) is 36.6 Å². The molecule has 0 bridgehead atoms. The monoisotopic (exact) mass is 208 g/mol. The topological polar surface area (TPSA) is 53.3 Å². The molecule has 0 N–H and O–H groups in total. The van der Waals surface area contributed by atoms with Crippen molar-refractivity contribution in [1.82, 2.24) is 4.90 Å². The first-order chi connectivity index (χ1) is 7.18. The molecule has 1 heterocycles. The third kappa shape index (κ3) is 1.72. The Morgan fingerprint density at radius 2 is 2.33 bits per heavy atom. The Bertz CT molecular complexity index is 304. The van der Waals surface area contributed by atoms with Crippen LogP contribution in [0.1, 0.15) is 26.2 Å². The Kier molecular flexibility index (Phi) is 2.66. The summed E-state index contributed by atoms with van der Waals surface area (Å²) in [7, 11) is 0. The SMILES string of the molecule is CC1CN(C(=O)C2(C#N)CCC2)CCO1. The van der Waals surface area contributed by atoms with E-state index < -0.39 is 5.41 Å². The van der Waals surface area contributed by atoms with Crippen LogP contribution in [0, 0.1) is 16.7 Å². The summed E-state index contributed by atoms with van der Waals surface area (Å²) >= 11 is 0. The number of carbonyl (C=O) groups excluding carboxylic acids is 1. The van der Waals surface area contributed by atoms with Crippen molar-refractivity contribution in [3.8, 4) is 6.07 Å². The first-order valence-corrected chi connectivity index (χ1v) is 5.50. The molecule has 0 spiro atoms. The highest BCUT2D eigenvalue weighted by Crippen LogP contribution is 2.42. The molecule has 0 aromatic heterocycles. The summed E-state index contributed by atoms with van der Waals surface area (Å²) in [5, 5.41) is 9.07. The third-order valence-corrected chi connectivity index (χ3v) is 3.36. The van der Waals surface area contributed by atoms with Crippen molar-refractivity contribution in [3.05, 3.63) is 0 Å². The molecule has 2 rings (SSSR count). The Balaban J connectivity index is 2.04. The lowest BCUT2D eigenvalue weighted by Crippen LogP contribution is -2.52. The standard InChI is InChI=1S/C11H16N2O2/c1-9-7-13(5-6-15-9)10(14)11(8-12)3-2-4-11/h9H,2-7H2,1H3. The molecular formula is C11H16N2O2. The molecule has 2 fully saturated rings. The highest BCUT2D eigenvalue weighted by Gasteiger charge is 2.47. The maximum Gasteiger partial charge on any atom is 0.243 e. The highest BCUT2D eigenvalue weighted by atomic mass is 16.5. The van der Waals surface area contributed by atoms with Crippen LogP contribution in [0.15, 0.2) is 0 Å². The smallest absolute Gasteiger partial charge is 0.243 e. The summed E-state index contributed by atoms with van der Waals surface area (Å²) in [6, 6.07) is 2.19. The van der Waals surface area contributed by atoms with E-state index in [1.165, 1.54) is 0 Å². The van der Waals surface area contributed by atoms with Crippen LogP contribution >= 0.6 is 0 Å². The van der Waals surface area contributed by atoms with Gasteiger partial charge in [0, 0.05) is 13.1 Å². The average Bonchev–Trinajstić information content (AvgIpc) is 2.17. The summed E-state index contributed by atoms with van der Waals surface area (Å²) in [5.41, 5.74) is -0.697.